The maximum atomic E-state index is 11.4. The highest BCUT2D eigenvalue weighted by atomic mass is 16.5. The molecule has 136 valence electrons. The molecule has 0 saturated carbocycles. The largest absolute Gasteiger partial charge is 0.489 e. The third-order valence-electron chi connectivity index (χ3n) is 3.97. The highest BCUT2D eigenvalue weighted by Crippen LogP contribution is 2.20. The molecule has 0 fully saturated rings. The smallest absolute Gasteiger partial charge is 0.411 e. The van der Waals surface area contributed by atoms with Crippen molar-refractivity contribution in [2.45, 2.75) is 6.61 Å². The third kappa shape index (κ3) is 5.47. The maximum Gasteiger partial charge on any atom is 0.411 e. The van der Waals surface area contributed by atoms with E-state index in [2.05, 4.69) is 10.1 Å². The predicted octanol–water partition coefficient (Wildman–Crippen LogP) is 5.61. The van der Waals surface area contributed by atoms with Gasteiger partial charge in [-0.05, 0) is 34.9 Å². The summed E-state index contributed by atoms with van der Waals surface area (Å²) in [6.45, 7) is 0.544. The zero-order valence-corrected chi connectivity index (χ0v) is 15.1. The number of rotatable bonds is 6. The molecule has 0 aromatic heterocycles. The first-order valence-corrected chi connectivity index (χ1v) is 8.63. The van der Waals surface area contributed by atoms with Crippen LogP contribution in [-0.4, -0.2) is 13.2 Å². The Morgan fingerprint density at radius 2 is 1.59 bits per heavy atom. The predicted molar refractivity (Wildman–Crippen MR) is 109 cm³/mol. The minimum Gasteiger partial charge on any atom is -0.489 e. The summed E-state index contributed by atoms with van der Waals surface area (Å²) in [7, 11) is 1.34. The first-order valence-electron chi connectivity index (χ1n) is 8.63. The molecule has 0 aliphatic heterocycles. The van der Waals surface area contributed by atoms with E-state index in [1.807, 2.05) is 91.0 Å². The SMILES string of the molecule is COC(=O)Nc1ccccc1/C=C/c1ccc(OCc2ccccc2)cc1. The Balaban J connectivity index is 1.64. The molecule has 0 heterocycles. The highest BCUT2D eigenvalue weighted by Gasteiger charge is 2.03. The summed E-state index contributed by atoms with van der Waals surface area (Å²) >= 11 is 0. The molecule has 3 aromatic rings. The Labute approximate surface area is 159 Å². The Morgan fingerprint density at radius 1 is 0.889 bits per heavy atom. The van der Waals surface area contributed by atoms with Crippen LogP contribution in [0, 0.1) is 0 Å². The van der Waals surface area contributed by atoms with Gasteiger partial charge in [0.1, 0.15) is 12.4 Å². The lowest BCUT2D eigenvalue weighted by Gasteiger charge is -2.07. The number of carbonyl (C=O) groups excluding carboxylic acids is 1. The number of nitrogens with one attached hydrogen (secondary N) is 1. The molecule has 27 heavy (non-hydrogen) atoms. The molecule has 0 unspecified atom stereocenters. The average molecular weight is 359 g/mol. The number of para-hydroxylation sites is 1. The van der Waals surface area contributed by atoms with Crippen molar-refractivity contribution in [2.24, 2.45) is 0 Å². The van der Waals surface area contributed by atoms with Gasteiger partial charge in [0.05, 0.1) is 12.8 Å². The Hall–Kier alpha value is -3.53. The van der Waals surface area contributed by atoms with Crippen LogP contribution in [0.4, 0.5) is 10.5 Å². The quantitative estimate of drug-likeness (QED) is 0.582. The number of hydrogen-bond acceptors (Lipinski definition) is 3. The van der Waals surface area contributed by atoms with Crippen LogP contribution in [0.25, 0.3) is 12.2 Å². The first kappa shape index (κ1) is 18.3. The van der Waals surface area contributed by atoms with E-state index >= 15 is 0 Å². The molecule has 3 rings (SSSR count). The van der Waals surface area contributed by atoms with E-state index < -0.39 is 6.09 Å². The van der Waals surface area contributed by atoms with Gasteiger partial charge in [0.2, 0.25) is 0 Å². The van der Waals surface area contributed by atoms with Crippen LogP contribution < -0.4 is 10.1 Å². The van der Waals surface area contributed by atoms with Crippen molar-refractivity contribution in [2.75, 3.05) is 12.4 Å². The topological polar surface area (TPSA) is 47.6 Å². The van der Waals surface area contributed by atoms with E-state index in [9.17, 15) is 4.79 Å². The number of benzene rings is 3. The minimum atomic E-state index is -0.490. The molecule has 0 radical (unpaired) electrons. The van der Waals surface area contributed by atoms with Crippen LogP contribution in [-0.2, 0) is 11.3 Å². The zero-order chi connectivity index (χ0) is 18.9. The summed E-state index contributed by atoms with van der Waals surface area (Å²) in [5, 5.41) is 2.71. The van der Waals surface area contributed by atoms with Gasteiger partial charge in [-0.1, -0.05) is 72.8 Å². The Morgan fingerprint density at radius 3 is 2.33 bits per heavy atom. The Kier molecular flexibility index (Phi) is 6.26. The first-order chi connectivity index (χ1) is 13.2. The van der Waals surface area contributed by atoms with Crippen molar-refractivity contribution in [3.8, 4) is 5.75 Å². The minimum absolute atomic E-state index is 0.490. The second kappa shape index (κ2) is 9.25. The van der Waals surface area contributed by atoms with Crippen molar-refractivity contribution < 1.29 is 14.3 Å². The normalized spacial score (nSPS) is 10.6. The van der Waals surface area contributed by atoms with Gasteiger partial charge in [0.15, 0.2) is 0 Å². The molecule has 0 atom stereocenters. The number of anilines is 1. The summed E-state index contributed by atoms with van der Waals surface area (Å²) in [4.78, 5) is 11.4. The van der Waals surface area contributed by atoms with E-state index in [0.29, 0.717) is 12.3 Å². The van der Waals surface area contributed by atoms with Crippen LogP contribution in [0.1, 0.15) is 16.7 Å². The number of carbonyl (C=O) groups is 1. The van der Waals surface area contributed by atoms with Crippen LogP contribution in [0.5, 0.6) is 5.75 Å². The summed E-state index contributed by atoms with van der Waals surface area (Å²) in [6.07, 6.45) is 3.44. The fourth-order valence-electron chi connectivity index (χ4n) is 2.52. The molecule has 4 heteroatoms. The molecule has 0 aliphatic carbocycles. The fraction of sp³-hybridized carbons (Fsp3) is 0.0870. The van der Waals surface area contributed by atoms with E-state index in [-0.39, 0.29) is 0 Å². The van der Waals surface area contributed by atoms with Gasteiger partial charge in [-0.2, -0.15) is 0 Å². The Bertz CT molecular complexity index is 902. The molecular weight excluding hydrogens is 338 g/mol. The van der Waals surface area contributed by atoms with Crippen molar-refractivity contribution in [3.05, 3.63) is 95.6 Å². The summed E-state index contributed by atoms with van der Waals surface area (Å²) in [5.74, 6) is 0.823. The lowest BCUT2D eigenvalue weighted by Crippen LogP contribution is -2.11. The van der Waals surface area contributed by atoms with Crippen molar-refractivity contribution >= 4 is 23.9 Å². The molecule has 4 nitrogen and oxygen atoms in total. The lowest BCUT2D eigenvalue weighted by molar-refractivity contribution is 0.187. The molecular formula is C23H21NO3. The summed E-state index contributed by atoms with van der Waals surface area (Å²) < 4.78 is 10.5. The van der Waals surface area contributed by atoms with Crippen LogP contribution in [0.15, 0.2) is 78.9 Å². The number of ether oxygens (including phenoxy) is 2. The van der Waals surface area contributed by atoms with Crippen LogP contribution >= 0.6 is 0 Å². The maximum absolute atomic E-state index is 11.4. The lowest BCUT2D eigenvalue weighted by atomic mass is 10.1. The van der Waals surface area contributed by atoms with Crippen molar-refractivity contribution in [3.63, 3.8) is 0 Å². The van der Waals surface area contributed by atoms with E-state index in [0.717, 1.165) is 22.4 Å². The van der Waals surface area contributed by atoms with Gasteiger partial charge in [-0.25, -0.2) is 4.79 Å². The second-order valence-electron chi connectivity index (χ2n) is 5.88. The zero-order valence-electron chi connectivity index (χ0n) is 15.1. The van der Waals surface area contributed by atoms with Gasteiger partial charge >= 0.3 is 6.09 Å². The highest BCUT2D eigenvalue weighted by molar-refractivity contribution is 5.89. The average Bonchev–Trinajstić information content (AvgIpc) is 2.73. The summed E-state index contributed by atoms with van der Waals surface area (Å²) in [5.41, 5.74) is 3.77. The molecule has 1 N–H and O–H groups in total. The molecule has 0 saturated heterocycles. The standard InChI is InChI=1S/C23H21NO3/c1-26-23(25)24-22-10-6-5-9-20(22)14-11-18-12-15-21(16-13-18)27-17-19-7-3-2-4-8-19/h2-16H,17H2,1H3,(H,24,25)/b14-11+. The molecule has 1 amide bonds. The van der Waals surface area contributed by atoms with Gasteiger partial charge in [0.25, 0.3) is 0 Å². The van der Waals surface area contributed by atoms with Crippen molar-refractivity contribution in [1.29, 1.82) is 0 Å². The van der Waals surface area contributed by atoms with E-state index in [1.165, 1.54) is 7.11 Å². The summed E-state index contributed by atoms with van der Waals surface area (Å²) in [6, 6.07) is 25.5. The third-order valence-corrected chi connectivity index (χ3v) is 3.97. The second-order valence-corrected chi connectivity index (χ2v) is 5.88. The van der Waals surface area contributed by atoms with Crippen LogP contribution in [0.3, 0.4) is 0 Å². The molecule has 3 aromatic carbocycles. The van der Waals surface area contributed by atoms with Gasteiger partial charge < -0.3 is 9.47 Å². The van der Waals surface area contributed by atoms with E-state index in [1.54, 1.807) is 0 Å². The van der Waals surface area contributed by atoms with Crippen LogP contribution in [0.2, 0.25) is 0 Å². The van der Waals surface area contributed by atoms with Crippen molar-refractivity contribution in [1.82, 2.24) is 0 Å². The van der Waals surface area contributed by atoms with E-state index in [4.69, 9.17) is 4.74 Å². The van der Waals surface area contributed by atoms with Gasteiger partial charge in [-0.15, -0.1) is 0 Å². The molecule has 0 aliphatic rings. The monoisotopic (exact) mass is 359 g/mol. The molecule has 0 spiro atoms. The fourth-order valence-corrected chi connectivity index (χ4v) is 2.52. The van der Waals surface area contributed by atoms with Gasteiger partial charge in [0, 0.05) is 0 Å². The number of hydrogen-bond donors (Lipinski definition) is 1. The molecule has 0 bridgehead atoms. The number of amides is 1. The number of methoxy groups -OCH3 is 1. The van der Waals surface area contributed by atoms with Gasteiger partial charge in [-0.3, -0.25) is 5.32 Å².